The fourth-order valence-corrected chi connectivity index (χ4v) is 3.19. The van der Waals surface area contributed by atoms with Crippen molar-refractivity contribution in [3.05, 3.63) is 53.9 Å². The third-order valence-electron chi connectivity index (χ3n) is 4.43. The van der Waals surface area contributed by atoms with Crippen LogP contribution in [0, 0.1) is 0 Å². The molecule has 0 spiro atoms. The first-order valence-electron chi connectivity index (χ1n) is 7.99. The molecule has 7 heteroatoms. The molecule has 0 aliphatic carbocycles. The molecular formula is C17H19N3O4. The second-order valence-corrected chi connectivity index (χ2v) is 6.16. The molecule has 2 aliphatic heterocycles. The molecule has 1 aromatic heterocycles. The van der Waals surface area contributed by atoms with Crippen molar-refractivity contribution >= 4 is 5.91 Å². The fraction of sp³-hybridized carbons (Fsp3) is 0.412. The normalized spacial score (nSPS) is 28.7. The zero-order chi connectivity index (χ0) is 16.5. The minimum Gasteiger partial charge on any atom is -0.388 e. The number of ether oxygens (including phenoxy) is 2. The van der Waals surface area contributed by atoms with Crippen LogP contribution < -0.4 is 5.32 Å². The molecule has 24 heavy (non-hydrogen) atoms. The summed E-state index contributed by atoms with van der Waals surface area (Å²) in [6, 6.07) is 9.68. The van der Waals surface area contributed by atoms with E-state index in [2.05, 4.69) is 10.4 Å². The van der Waals surface area contributed by atoms with Crippen LogP contribution in [0.3, 0.4) is 0 Å². The quantitative estimate of drug-likeness (QED) is 0.836. The smallest absolute Gasteiger partial charge is 0.254 e. The molecule has 2 fully saturated rings. The maximum Gasteiger partial charge on any atom is 0.254 e. The Balaban J connectivity index is 1.39. The van der Waals surface area contributed by atoms with Crippen molar-refractivity contribution in [3.8, 4) is 0 Å². The molecule has 4 atom stereocenters. The number of fused-ring (bicyclic) bond motifs is 1. The van der Waals surface area contributed by atoms with Crippen molar-refractivity contribution in [1.29, 1.82) is 0 Å². The van der Waals surface area contributed by atoms with Gasteiger partial charge in [0.05, 0.1) is 37.6 Å². The van der Waals surface area contributed by atoms with Crippen LogP contribution in [0.2, 0.25) is 0 Å². The van der Waals surface area contributed by atoms with Gasteiger partial charge < -0.3 is 19.9 Å². The minimum absolute atomic E-state index is 0.214. The molecule has 126 valence electrons. The van der Waals surface area contributed by atoms with Gasteiger partial charge in [0.2, 0.25) is 0 Å². The number of carbonyl (C=O) groups excluding carboxylic acids is 1. The van der Waals surface area contributed by atoms with Gasteiger partial charge in [-0.05, 0) is 5.56 Å². The van der Waals surface area contributed by atoms with E-state index in [1.54, 1.807) is 17.1 Å². The number of amides is 1. The Morgan fingerprint density at radius 3 is 2.88 bits per heavy atom. The number of hydrogen-bond acceptors (Lipinski definition) is 5. The van der Waals surface area contributed by atoms with E-state index < -0.39 is 6.10 Å². The summed E-state index contributed by atoms with van der Waals surface area (Å²) in [6.45, 7) is 1.20. The van der Waals surface area contributed by atoms with E-state index in [0.29, 0.717) is 18.7 Å². The van der Waals surface area contributed by atoms with Gasteiger partial charge in [-0.2, -0.15) is 5.10 Å². The van der Waals surface area contributed by atoms with Gasteiger partial charge in [-0.1, -0.05) is 30.3 Å². The van der Waals surface area contributed by atoms with Crippen molar-refractivity contribution in [2.45, 2.75) is 30.9 Å². The van der Waals surface area contributed by atoms with Crippen LogP contribution in [-0.2, 0) is 16.0 Å². The van der Waals surface area contributed by atoms with Crippen LogP contribution in [0.25, 0.3) is 0 Å². The van der Waals surface area contributed by atoms with Crippen molar-refractivity contribution in [3.63, 3.8) is 0 Å². The van der Waals surface area contributed by atoms with Crippen LogP contribution >= 0.6 is 0 Å². The second-order valence-electron chi connectivity index (χ2n) is 6.16. The van der Waals surface area contributed by atoms with Gasteiger partial charge in [0, 0.05) is 6.20 Å². The highest BCUT2D eigenvalue weighted by molar-refractivity contribution is 5.94. The summed E-state index contributed by atoms with van der Waals surface area (Å²) < 4.78 is 12.8. The molecule has 1 amide bonds. The summed E-state index contributed by atoms with van der Waals surface area (Å²) in [7, 11) is 0. The average Bonchev–Trinajstić information content (AvgIpc) is 3.28. The maximum atomic E-state index is 12.4. The Morgan fingerprint density at radius 1 is 1.25 bits per heavy atom. The lowest BCUT2D eigenvalue weighted by Gasteiger charge is -2.16. The first-order valence-corrected chi connectivity index (χ1v) is 7.99. The molecule has 3 heterocycles. The molecule has 0 saturated carbocycles. The molecule has 0 bridgehead atoms. The summed E-state index contributed by atoms with van der Waals surface area (Å²) in [4.78, 5) is 12.4. The average molecular weight is 329 g/mol. The SMILES string of the molecule is O=C(N[C@@H]1CO[C@H]2[C@@H]1OC[C@H]2O)c1cnn(Cc2ccccc2)c1. The van der Waals surface area contributed by atoms with Gasteiger partial charge in [-0.15, -0.1) is 0 Å². The molecule has 2 saturated heterocycles. The Labute approximate surface area is 139 Å². The standard InChI is InChI=1S/C17H19N3O4/c21-14-10-24-15-13(9-23-16(14)15)19-17(22)12-6-18-20(8-12)7-11-4-2-1-3-5-11/h1-6,8,13-16,21H,7,9-10H2,(H,19,22)/t13-,14-,15-,16-/m1/s1. The number of aliphatic hydroxyl groups excluding tert-OH is 1. The summed E-state index contributed by atoms with van der Waals surface area (Å²) >= 11 is 0. The highest BCUT2D eigenvalue weighted by Crippen LogP contribution is 2.27. The van der Waals surface area contributed by atoms with Gasteiger partial charge in [0.15, 0.2) is 0 Å². The monoisotopic (exact) mass is 329 g/mol. The molecule has 2 aliphatic rings. The zero-order valence-corrected chi connectivity index (χ0v) is 13.0. The number of nitrogens with zero attached hydrogens (tertiary/aromatic N) is 2. The molecule has 2 N–H and O–H groups in total. The lowest BCUT2D eigenvalue weighted by molar-refractivity contribution is 0.0178. The Hall–Kier alpha value is -2.22. The van der Waals surface area contributed by atoms with E-state index in [4.69, 9.17) is 9.47 Å². The fourth-order valence-electron chi connectivity index (χ4n) is 3.19. The van der Waals surface area contributed by atoms with E-state index in [0.717, 1.165) is 5.56 Å². The number of rotatable bonds is 4. The Morgan fingerprint density at radius 2 is 2.04 bits per heavy atom. The molecule has 1 aromatic carbocycles. The van der Waals surface area contributed by atoms with Gasteiger partial charge in [0.25, 0.3) is 5.91 Å². The summed E-state index contributed by atoms with van der Waals surface area (Å²) in [5.74, 6) is -0.214. The lowest BCUT2D eigenvalue weighted by Crippen LogP contribution is -2.44. The second kappa shape index (κ2) is 6.35. The molecule has 2 aromatic rings. The third-order valence-corrected chi connectivity index (χ3v) is 4.43. The van der Waals surface area contributed by atoms with Crippen LogP contribution in [0.15, 0.2) is 42.7 Å². The highest BCUT2D eigenvalue weighted by atomic mass is 16.6. The highest BCUT2D eigenvalue weighted by Gasteiger charge is 2.47. The van der Waals surface area contributed by atoms with E-state index in [1.807, 2.05) is 30.3 Å². The first kappa shape index (κ1) is 15.3. The third kappa shape index (κ3) is 2.93. The number of benzene rings is 1. The summed E-state index contributed by atoms with van der Waals surface area (Å²) in [6.07, 6.45) is 2.01. The Bertz CT molecular complexity index is 718. The predicted octanol–water partition coefficient (Wildman–Crippen LogP) is 0.188. The van der Waals surface area contributed by atoms with E-state index in [9.17, 15) is 9.90 Å². The van der Waals surface area contributed by atoms with Crippen LogP contribution in [0.4, 0.5) is 0 Å². The predicted molar refractivity (Wildman–Crippen MR) is 84.5 cm³/mol. The first-order chi connectivity index (χ1) is 11.7. The van der Waals surface area contributed by atoms with Crippen molar-refractivity contribution in [2.75, 3.05) is 13.2 Å². The van der Waals surface area contributed by atoms with Gasteiger partial charge in [-0.25, -0.2) is 0 Å². The van der Waals surface area contributed by atoms with Gasteiger partial charge in [-0.3, -0.25) is 9.48 Å². The van der Waals surface area contributed by atoms with Gasteiger partial charge in [0.1, 0.15) is 18.3 Å². The van der Waals surface area contributed by atoms with Crippen molar-refractivity contribution in [1.82, 2.24) is 15.1 Å². The van der Waals surface area contributed by atoms with Crippen LogP contribution in [0.1, 0.15) is 15.9 Å². The molecule has 7 nitrogen and oxygen atoms in total. The molecule has 4 rings (SSSR count). The molecular weight excluding hydrogens is 310 g/mol. The topological polar surface area (TPSA) is 85.6 Å². The largest absolute Gasteiger partial charge is 0.388 e. The summed E-state index contributed by atoms with van der Waals surface area (Å²) in [5.41, 5.74) is 1.61. The Kier molecular flexibility index (Phi) is 4.05. The van der Waals surface area contributed by atoms with E-state index >= 15 is 0 Å². The zero-order valence-electron chi connectivity index (χ0n) is 13.0. The van der Waals surface area contributed by atoms with Gasteiger partial charge >= 0.3 is 0 Å². The molecule has 0 unspecified atom stereocenters. The number of aromatic nitrogens is 2. The van der Waals surface area contributed by atoms with Crippen molar-refractivity contribution in [2.24, 2.45) is 0 Å². The molecule has 0 radical (unpaired) electrons. The van der Waals surface area contributed by atoms with E-state index in [1.165, 1.54) is 0 Å². The van der Waals surface area contributed by atoms with E-state index in [-0.39, 0.29) is 30.8 Å². The lowest BCUT2D eigenvalue weighted by atomic mass is 10.1. The maximum absolute atomic E-state index is 12.4. The number of hydrogen-bond donors (Lipinski definition) is 2. The van der Waals surface area contributed by atoms with Crippen molar-refractivity contribution < 1.29 is 19.4 Å². The van der Waals surface area contributed by atoms with Crippen LogP contribution in [-0.4, -0.2) is 58.4 Å². The number of carbonyl (C=O) groups is 1. The number of aliphatic hydroxyl groups is 1. The minimum atomic E-state index is -0.620. The van der Waals surface area contributed by atoms with Crippen LogP contribution in [0.5, 0.6) is 0 Å². The number of nitrogens with one attached hydrogen (secondary N) is 1. The summed E-state index contributed by atoms with van der Waals surface area (Å²) in [5, 5.41) is 16.9.